The van der Waals surface area contributed by atoms with Gasteiger partial charge in [0, 0.05) is 52.8 Å². The Labute approximate surface area is 325 Å². The van der Waals surface area contributed by atoms with Gasteiger partial charge < -0.3 is 20.7 Å². The van der Waals surface area contributed by atoms with Gasteiger partial charge in [0.15, 0.2) is 0 Å². The fourth-order valence-corrected chi connectivity index (χ4v) is 7.96. The molecule has 0 bridgehead atoms. The van der Waals surface area contributed by atoms with E-state index in [2.05, 4.69) is 33.0 Å². The van der Waals surface area contributed by atoms with Gasteiger partial charge in [0.25, 0.3) is 17.5 Å². The van der Waals surface area contributed by atoms with Crippen LogP contribution < -0.4 is 16.0 Å². The van der Waals surface area contributed by atoms with Gasteiger partial charge in [0.05, 0.1) is 22.8 Å². The molecule has 2 heterocycles. The molecule has 0 radical (unpaired) electrons. The molecule has 3 N–H and O–H groups in total. The fraction of sp³-hybridized carbons (Fsp3) is 0.171. The maximum Gasteiger partial charge on any atom is 0.341 e. The Kier molecular flexibility index (Phi) is 12.9. The molecule has 0 spiro atoms. The summed E-state index contributed by atoms with van der Waals surface area (Å²) in [5, 5.41) is 20.0. The molecule has 280 valence electrons. The van der Waals surface area contributed by atoms with Crippen molar-refractivity contribution in [3.05, 3.63) is 158 Å². The van der Waals surface area contributed by atoms with E-state index in [-0.39, 0.29) is 29.7 Å². The van der Waals surface area contributed by atoms with E-state index < -0.39 is 22.7 Å². The molecule has 4 aromatic carbocycles. The highest BCUT2D eigenvalue weighted by atomic mass is 32.2. The number of ether oxygens (including phenoxy) is 1. The summed E-state index contributed by atoms with van der Waals surface area (Å²) in [4.78, 5) is 67.6. The Morgan fingerprint density at radius 2 is 1.65 bits per heavy atom. The number of anilines is 2. The minimum Gasteiger partial charge on any atom is -0.462 e. The zero-order valence-electron chi connectivity index (χ0n) is 29.8. The van der Waals surface area contributed by atoms with Crippen LogP contribution in [-0.4, -0.2) is 52.4 Å². The van der Waals surface area contributed by atoms with E-state index in [0.29, 0.717) is 45.2 Å². The Morgan fingerprint density at radius 1 is 0.927 bits per heavy atom. The van der Waals surface area contributed by atoms with Gasteiger partial charge in [0.1, 0.15) is 10.7 Å². The van der Waals surface area contributed by atoms with Crippen LogP contribution in [0.4, 0.5) is 16.4 Å². The minimum atomic E-state index is -0.627. The van der Waals surface area contributed by atoms with Crippen molar-refractivity contribution in [2.45, 2.75) is 31.3 Å². The number of nitro benzene ring substituents is 1. The Hall–Kier alpha value is -6.09. The molecule has 1 aromatic heterocycles. The highest BCUT2D eigenvalue weighted by Gasteiger charge is 2.29. The lowest BCUT2D eigenvalue weighted by atomic mass is 10.0. The number of hydrogen-bond donors (Lipinski definition) is 3. The number of nitrogens with one attached hydrogen (secondary N) is 3. The van der Waals surface area contributed by atoms with Crippen molar-refractivity contribution in [2.75, 3.05) is 29.5 Å². The largest absolute Gasteiger partial charge is 0.462 e. The molecule has 1 aliphatic heterocycles. The quantitative estimate of drug-likeness (QED) is 0.0341. The third-order valence-corrected chi connectivity index (χ3v) is 10.6. The van der Waals surface area contributed by atoms with E-state index in [1.807, 2.05) is 18.2 Å². The maximum atomic E-state index is 13.6. The number of hydrogen-bond acceptors (Lipinski definition) is 10. The number of carbonyl (C=O) groups is 4. The number of amides is 3. The van der Waals surface area contributed by atoms with Crippen molar-refractivity contribution in [1.29, 1.82) is 0 Å². The molecule has 0 aliphatic carbocycles. The van der Waals surface area contributed by atoms with Crippen molar-refractivity contribution in [3.8, 4) is 0 Å². The van der Waals surface area contributed by atoms with Crippen molar-refractivity contribution in [3.63, 3.8) is 0 Å². The molecule has 1 aliphatic rings. The van der Waals surface area contributed by atoms with E-state index in [9.17, 15) is 29.3 Å². The van der Waals surface area contributed by atoms with Gasteiger partial charge in [-0.2, -0.15) is 0 Å². The number of esters is 1. The van der Waals surface area contributed by atoms with Crippen LogP contribution in [0.15, 0.2) is 120 Å². The van der Waals surface area contributed by atoms with Crippen LogP contribution in [0.5, 0.6) is 0 Å². The number of nitro groups is 1. The monoisotopic (exact) mass is 775 g/mol. The molecule has 0 unspecified atom stereocenters. The van der Waals surface area contributed by atoms with E-state index >= 15 is 0 Å². The average Bonchev–Trinajstić information content (AvgIpc) is 3.55. The number of benzene rings is 4. The number of nitrogens with zero attached hydrogens (tertiary/aromatic N) is 2. The maximum absolute atomic E-state index is 13.6. The highest BCUT2D eigenvalue weighted by Crippen LogP contribution is 2.38. The molecule has 0 saturated heterocycles. The van der Waals surface area contributed by atoms with Crippen LogP contribution in [0.1, 0.15) is 49.2 Å². The van der Waals surface area contributed by atoms with Crippen LogP contribution in [-0.2, 0) is 33.8 Å². The predicted octanol–water partition coefficient (Wildman–Crippen LogP) is 7.53. The number of fused-ring (bicyclic) bond motifs is 1. The summed E-state index contributed by atoms with van der Waals surface area (Å²) in [6.45, 7) is 4.18. The second kappa shape index (κ2) is 18.3. The molecule has 3 amide bonds. The van der Waals surface area contributed by atoms with Crippen LogP contribution in [0.2, 0.25) is 0 Å². The second-order valence-corrected chi connectivity index (χ2v) is 14.6. The van der Waals surface area contributed by atoms with Gasteiger partial charge in [-0.15, -0.1) is 23.1 Å². The summed E-state index contributed by atoms with van der Waals surface area (Å²) in [6.07, 6.45) is 2.09. The van der Waals surface area contributed by atoms with Crippen LogP contribution in [0, 0.1) is 10.1 Å². The summed E-state index contributed by atoms with van der Waals surface area (Å²) in [5.74, 6) is -1.87. The normalized spacial score (nSPS) is 12.6. The number of thioether (sulfide) groups is 1. The molecule has 0 saturated carbocycles. The first-order valence-corrected chi connectivity index (χ1v) is 19.2. The van der Waals surface area contributed by atoms with Crippen molar-refractivity contribution < 1.29 is 28.8 Å². The van der Waals surface area contributed by atoms with Crippen molar-refractivity contribution in [2.24, 2.45) is 0 Å². The first kappa shape index (κ1) is 38.6. The molecule has 14 heteroatoms. The predicted molar refractivity (Wildman–Crippen MR) is 214 cm³/mol. The zero-order valence-corrected chi connectivity index (χ0v) is 31.4. The van der Waals surface area contributed by atoms with Gasteiger partial charge in [-0.05, 0) is 78.6 Å². The topological polar surface area (TPSA) is 160 Å². The summed E-state index contributed by atoms with van der Waals surface area (Å²) < 4.78 is 5.39. The molecule has 55 heavy (non-hydrogen) atoms. The van der Waals surface area contributed by atoms with Gasteiger partial charge >= 0.3 is 5.97 Å². The van der Waals surface area contributed by atoms with E-state index in [4.69, 9.17) is 4.74 Å². The smallest absolute Gasteiger partial charge is 0.341 e. The van der Waals surface area contributed by atoms with Crippen molar-refractivity contribution >= 4 is 69.2 Å². The molecule has 0 fully saturated rings. The molecule has 12 nitrogen and oxygen atoms in total. The zero-order chi connectivity index (χ0) is 38.7. The van der Waals surface area contributed by atoms with Crippen LogP contribution >= 0.6 is 23.1 Å². The van der Waals surface area contributed by atoms with Gasteiger partial charge in [-0.1, -0.05) is 54.6 Å². The first-order chi connectivity index (χ1) is 26.7. The Bertz CT molecular complexity index is 2220. The number of carbonyl (C=O) groups excluding carboxylic acids is 4. The summed E-state index contributed by atoms with van der Waals surface area (Å²) in [5.41, 5.74) is 3.55. The molecule has 5 aromatic rings. The van der Waals surface area contributed by atoms with Crippen LogP contribution in [0.3, 0.4) is 0 Å². The third kappa shape index (κ3) is 10.3. The lowest BCUT2D eigenvalue weighted by Crippen LogP contribution is -2.30. The first-order valence-electron chi connectivity index (χ1n) is 17.4. The standard InChI is InChI=1S/C41H37N5O7S2/c1-2-53-41(50)37-33-20-21-45(24-28-10-5-3-6-11-28)25-35(33)55-40(37)44-36(47)26-54-32-15-9-14-30(23-32)42-39(49)34(43-38(48)29-12-7-4-8-13-29)22-27-16-18-31(19-17-27)46(51)52/h3-19,22-23H,2,20-21,24-26H2,1H3,(H,42,49)(H,43,48)(H,44,47)/b34-22+. The Morgan fingerprint density at radius 3 is 2.36 bits per heavy atom. The summed E-state index contributed by atoms with van der Waals surface area (Å²) in [7, 11) is 0. The molecule has 0 atom stereocenters. The second-order valence-electron chi connectivity index (χ2n) is 12.4. The molecular formula is C41H37N5O7S2. The average molecular weight is 776 g/mol. The van der Waals surface area contributed by atoms with E-state index in [1.165, 1.54) is 59.0 Å². The van der Waals surface area contributed by atoms with E-state index in [0.717, 1.165) is 23.5 Å². The summed E-state index contributed by atoms with van der Waals surface area (Å²) >= 11 is 2.65. The lowest BCUT2D eigenvalue weighted by Gasteiger charge is -2.27. The minimum absolute atomic E-state index is 0.0286. The molecular weight excluding hydrogens is 739 g/mol. The van der Waals surface area contributed by atoms with E-state index in [1.54, 1.807) is 61.5 Å². The summed E-state index contributed by atoms with van der Waals surface area (Å²) in [6, 6.07) is 31.1. The third-order valence-electron chi connectivity index (χ3n) is 8.52. The van der Waals surface area contributed by atoms with Gasteiger partial charge in [0.2, 0.25) is 5.91 Å². The fourth-order valence-electron chi connectivity index (χ4n) is 5.92. The highest BCUT2D eigenvalue weighted by molar-refractivity contribution is 8.00. The van der Waals surface area contributed by atoms with Gasteiger partial charge in [-0.3, -0.25) is 29.4 Å². The molecule has 6 rings (SSSR count). The van der Waals surface area contributed by atoms with Gasteiger partial charge in [-0.25, -0.2) is 4.79 Å². The Balaban J connectivity index is 1.12. The van der Waals surface area contributed by atoms with Crippen molar-refractivity contribution in [1.82, 2.24) is 10.2 Å². The lowest BCUT2D eigenvalue weighted by molar-refractivity contribution is -0.384. The number of thiophene rings is 1. The van der Waals surface area contributed by atoms with Crippen LogP contribution in [0.25, 0.3) is 6.08 Å². The number of non-ortho nitro benzene ring substituents is 1. The SMILES string of the molecule is CCOC(=O)c1c(NC(=O)CSc2cccc(NC(=O)/C(=C\c3ccc([N+](=O)[O-])cc3)NC(=O)c3ccccc3)c2)sc2c1CCN(Cc1ccccc1)C2. The number of rotatable bonds is 14.